The van der Waals surface area contributed by atoms with Gasteiger partial charge in [-0.05, 0) is 49.9 Å². The van der Waals surface area contributed by atoms with E-state index in [1.807, 2.05) is 38.1 Å². The van der Waals surface area contributed by atoms with E-state index in [0.717, 1.165) is 18.4 Å². The van der Waals surface area contributed by atoms with Gasteiger partial charge in [0.2, 0.25) is 0 Å². The molecule has 1 aromatic carbocycles. The molecule has 0 atom stereocenters. The average Bonchev–Trinajstić information content (AvgIpc) is 3.39. The Morgan fingerprint density at radius 2 is 1.96 bits per heavy atom. The summed E-state index contributed by atoms with van der Waals surface area (Å²) in [6.07, 6.45) is 2.17. The number of esters is 1. The van der Waals surface area contributed by atoms with Crippen LogP contribution in [0.15, 0.2) is 24.3 Å². The van der Waals surface area contributed by atoms with Gasteiger partial charge in [-0.1, -0.05) is 25.4 Å². The molecule has 1 aliphatic rings. The summed E-state index contributed by atoms with van der Waals surface area (Å²) < 4.78 is 5.25. The molecule has 0 bridgehead atoms. The Morgan fingerprint density at radius 3 is 2.52 bits per heavy atom. The Balaban J connectivity index is 2.12. The van der Waals surface area contributed by atoms with Crippen LogP contribution in [0.5, 0.6) is 0 Å². The van der Waals surface area contributed by atoms with Gasteiger partial charge in [-0.15, -0.1) is 0 Å². The maximum Gasteiger partial charge on any atom is 0.343 e. The number of hydrogen-bond acceptors (Lipinski definition) is 5. The number of nitrogens with zero attached hydrogens (tertiary/aromatic N) is 2. The first-order chi connectivity index (χ1) is 12.0. The van der Waals surface area contributed by atoms with Crippen LogP contribution in [0.25, 0.3) is 11.4 Å². The van der Waals surface area contributed by atoms with Crippen LogP contribution in [-0.2, 0) is 4.74 Å². The van der Waals surface area contributed by atoms with Gasteiger partial charge in [0.25, 0.3) is 0 Å². The topological polar surface area (TPSA) is 64.1 Å². The van der Waals surface area contributed by atoms with Crippen molar-refractivity contribution >= 4 is 23.4 Å². The van der Waals surface area contributed by atoms with Crippen LogP contribution in [-0.4, -0.2) is 28.6 Å². The molecule has 25 heavy (non-hydrogen) atoms. The second-order valence-corrected chi connectivity index (χ2v) is 6.89. The summed E-state index contributed by atoms with van der Waals surface area (Å²) in [6.45, 7) is 6.14. The zero-order chi connectivity index (χ0) is 18.0. The van der Waals surface area contributed by atoms with Crippen molar-refractivity contribution in [3.63, 3.8) is 0 Å². The minimum atomic E-state index is -0.378. The number of nitrogens with one attached hydrogen (secondary N) is 1. The maximum atomic E-state index is 12.5. The molecule has 0 spiro atoms. The van der Waals surface area contributed by atoms with E-state index in [9.17, 15) is 4.79 Å². The van der Waals surface area contributed by atoms with Crippen LogP contribution in [0.3, 0.4) is 0 Å². The Kier molecular flexibility index (Phi) is 5.23. The minimum absolute atomic E-state index is 0.0632. The van der Waals surface area contributed by atoms with Crippen LogP contribution in [0.4, 0.5) is 5.82 Å². The fraction of sp³-hybridized carbons (Fsp3) is 0.421. The predicted octanol–water partition coefficient (Wildman–Crippen LogP) is 4.67. The van der Waals surface area contributed by atoms with Gasteiger partial charge in [-0.2, -0.15) is 0 Å². The van der Waals surface area contributed by atoms with E-state index in [2.05, 4.69) is 15.3 Å². The van der Waals surface area contributed by atoms with Crippen LogP contribution in [0.2, 0.25) is 5.02 Å². The molecule has 132 valence electrons. The van der Waals surface area contributed by atoms with Gasteiger partial charge in [-0.25, -0.2) is 14.8 Å². The average molecular weight is 360 g/mol. The molecule has 0 amide bonds. The van der Waals surface area contributed by atoms with Crippen molar-refractivity contribution in [2.75, 3.05) is 11.9 Å². The molecule has 3 rings (SSSR count). The van der Waals surface area contributed by atoms with E-state index >= 15 is 0 Å². The molecular weight excluding hydrogens is 338 g/mol. The lowest BCUT2D eigenvalue weighted by molar-refractivity contribution is 0.0524. The molecule has 1 saturated carbocycles. The summed E-state index contributed by atoms with van der Waals surface area (Å²) in [4.78, 5) is 21.8. The lowest BCUT2D eigenvalue weighted by Crippen LogP contribution is -2.18. The normalized spacial score (nSPS) is 13.8. The smallest absolute Gasteiger partial charge is 0.343 e. The first-order valence-electron chi connectivity index (χ1n) is 8.61. The van der Waals surface area contributed by atoms with Crippen molar-refractivity contribution in [1.29, 1.82) is 0 Å². The Labute approximate surface area is 152 Å². The third-order valence-corrected chi connectivity index (χ3v) is 4.24. The summed E-state index contributed by atoms with van der Waals surface area (Å²) in [5.74, 6) is 0.825. The molecule has 1 fully saturated rings. The number of rotatable bonds is 6. The second-order valence-electron chi connectivity index (χ2n) is 6.46. The highest BCUT2D eigenvalue weighted by Gasteiger charge is 2.29. The summed E-state index contributed by atoms with van der Waals surface area (Å²) in [5.41, 5.74) is 2.00. The summed E-state index contributed by atoms with van der Waals surface area (Å²) in [5, 5.41) is 4.02. The van der Waals surface area contributed by atoms with Crippen molar-refractivity contribution < 1.29 is 9.53 Å². The summed E-state index contributed by atoms with van der Waals surface area (Å²) >= 11 is 5.98. The van der Waals surface area contributed by atoms with Gasteiger partial charge in [0.05, 0.1) is 12.3 Å². The molecule has 1 N–H and O–H groups in total. The van der Waals surface area contributed by atoms with Crippen molar-refractivity contribution in [2.45, 2.75) is 45.6 Å². The van der Waals surface area contributed by atoms with E-state index < -0.39 is 0 Å². The van der Waals surface area contributed by atoms with Gasteiger partial charge in [0.15, 0.2) is 5.82 Å². The number of benzene rings is 1. The molecule has 1 aromatic heterocycles. The Morgan fingerprint density at radius 1 is 1.28 bits per heavy atom. The van der Waals surface area contributed by atoms with Crippen molar-refractivity contribution in [1.82, 2.24) is 9.97 Å². The van der Waals surface area contributed by atoms with Crippen LogP contribution in [0, 0.1) is 0 Å². The lowest BCUT2D eigenvalue weighted by atomic mass is 10.0. The standard InChI is InChI=1S/C19H22ClN3O2/c1-4-25-19(24)15-16(11(2)3)22-17(12-5-7-13(20)8-6-12)23-18(15)21-14-9-10-14/h5-8,11,14H,4,9-10H2,1-3H3,(H,21,22,23). The maximum absolute atomic E-state index is 12.5. The largest absolute Gasteiger partial charge is 0.462 e. The summed E-state index contributed by atoms with van der Waals surface area (Å²) in [7, 11) is 0. The van der Waals surface area contributed by atoms with Crippen LogP contribution in [0.1, 0.15) is 55.6 Å². The molecule has 0 saturated heterocycles. The van der Waals surface area contributed by atoms with Gasteiger partial charge in [-0.3, -0.25) is 0 Å². The van der Waals surface area contributed by atoms with Crippen molar-refractivity contribution in [3.05, 3.63) is 40.5 Å². The highest BCUT2D eigenvalue weighted by molar-refractivity contribution is 6.30. The van der Waals surface area contributed by atoms with Crippen LogP contribution < -0.4 is 5.32 Å². The number of hydrogen-bond donors (Lipinski definition) is 1. The highest BCUT2D eigenvalue weighted by Crippen LogP contribution is 2.32. The first kappa shape index (κ1) is 17.7. The number of anilines is 1. The van der Waals surface area contributed by atoms with Crippen molar-refractivity contribution in [3.8, 4) is 11.4 Å². The number of aromatic nitrogens is 2. The third-order valence-electron chi connectivity index (χ3n) is 3.98. The SMILES string of the molecule is CCOC(=O)c1c(NC2CC2)nc(-c2ccc(Cl)cc2)nc1C(C)C. The molecule has 2 aromatic rings. The number of carbonyl (C=O) groups is 1. The molecular formula is C19H22ClN3O2. The van der Waals surface area contributed by atoms with Gasteiger partial charge in [0.1, 0.15) is 11.4 Å². The monoisotopic (exact) mass is 359 g/mol. The van der Waals surface area contributed by atoms with E-state index in [-0.39, 0.29) is 11.9 Å². The number of ether oxygens (including phenoxy) is 1. The minimum Gasteiger partial charge on any atom is -0.462 e. The van der Waals surface area contributed by atoms with E-state index in [1.54, 1.807) is 6.92 Å². The van der Waals surface area contributed by atoms with Gasteiger partial charge < -0.3 is 10.1 Å². The molecule has 1 heterocycles. The molecule has 0 radical (unpaired) electrons. The van der Waals surface area contributed by atoms with Gasteiger partial charge in [0, 0.05) is 16.6 Å². The molecule has 1 aliphatic carbocycles. The van der Waals surface area contributed by atoms with E-state index in [0.29, 0.717) is 40.6 Å². The van der Waals surface area contributed by atoms with E-state index in [1.165, 1.54) is 0 Å². The molecule has 5 nitrogen and oxygen atoms in total. The Bertz CT molecular complexity index is 771. The quantitative estimate of drug-likeness (QED) is 0.759. The summed E-state index contributed by atoms with van der Waals surface area (Å²) in [6, 6.07) is 7.74. The third kappa shape index (κ3) is 4.10. The van der Waals surface area contributed by atoms with Crippen LogP contribution >= 0.6 is 11.6 Å². The molecule has 6 heteroatoms. The highest BCUT2D eigenvalue weighted by atomic mass is 35.5. The van der Waals surface area contributed by atoms with Crippen molar-refractivity contribution in [2.24, 2.45) is 0 Å². The molecule has 0 unspecified atom stereocenters. The second kappa shape index (κ2) is 7.40. The first-order valence-corrected chi connectivity index (χ1v) is 8.99. The molecule has 0 aliphatic heterocycles. The number of carbonyl (C=O) groups excluding carboxylic acids is 1. The predicted molar refractivity (Wildman–Crippen MR) is 99.2 cm³/mol. The number of halogens is 1. The fourth-order valence-electron chi connectivity index (χ4n) is 2.55. The fourth-order valence-corrected chi connectivity index (χ4v) is 2.68. The zero-order valence-electron chi connectivity index (χ0n) is 14.7. The van der Waals surface area contributed by atoms with Gasteiger partial charge >= 0.3 is 5.97 Å². The zero-order valence-corrected chi connectivity index (χ0v) is 15.4. The van der Waals surface area contributed by atoms with E-state index in [4.69, 9.17) is 16.3 Å². The Hall–Kier alpha value is -2.14. The lowest BCUT2D eigenvalue weighted by Gasteiger charge is -2.17.